The van der Waals surface area contributed by atoms with E-state index in [1.165, 1.54) is 6.26 Å². The van der Waals surface area contributed by atoms with Crippen molar-refractivity contribution in [1.29, 1.82) is 0 Å². The van der Waals surface area contributed by atoms with Crippen LogP contribution in [-0.2, 0) is 11.8 Å². The number of unbranched alkanes of at least 4 members (excludes halogenated alkanes) is 2. The van der Waals surface area contributed by atoms with Gasteiger partial charge in [-0.05, 0) is 31.1 Å². The van der Waals surface area contributed by atoms with Crippen molar-refractivity contribution >= 4 is 5.97 Å². The van der Waals surface area contributed by atoms with Gasteiger partial charge in [-0.15, -0.1) is 0 Å². The molecule has 0 amide bonds. The molecule has 15 heavy (non-hydrogen) atoms. The Hall–Kier alpha value is -1.51. The van der Waals surface area contributed by atoms with Gasteiger partial charge in [0.25, 0.3) is 0 Å². The summed E-state index contributed by atoms with van der Waals surface area (Å²) in [4.78, 5) is 11.5. The monoisotopic (exact) mass is 207 g/mol. The number of aryl methyl sites for hydroxylation is 1. The third kappa shape index (κ3) is 3.62. The third-order valence-corrected chi connectivity index (χ3v) is 2.15. The molecule has 0 aliphatic heterocycles. The molecule has 0 radical (unpaired) electrons. The first-order valence-corrected chi connectivity index (χ1v) is 5.23. The molecule has 1 heterocycles. The Kier molecular flexibility index (Phi) is 4.68. The number of aromatic nitrogens is 1. The molecule has 0 unspecified atom stereocenters. The molecule has 3 heteroatoms. The van der Waals surface area contributed by atoms with Crippen LogP contribution >= 0.6 is 0 Å². The normalized spacial score (nSPS) is 10.8. The summed E-state index contributed by atoms with van der Waals surface area (Å²) < 4.78 is 6.71. The smallest absolute Gasteiger partial charge is 0.359 e. The molecule has 1 rings (SSSR count). The number of hydrogen-bond acceptors (Lipinski definition) is 2. The van der Waals surface area contributed by atoms with Gasteiger partial charge in [0.05, 0.1) is 6.26 Å². The molecule has 0 aromatic carbocycles. The van der Waals surface area contributed by atoms with Crippen LogP contribution < -0.4 is 0 Å². The van der Waals surface area contributed by atoms with Crippen molar-refractivity contribution < 1.29 is 9.53 Å². The highest BCUT2D eigenvalue weighted by molar-refractivity contribution is 5.88. The lowest BCUT2D eigenvalue weighted by atomic mass is 10.2. The van der Waals surface area contributed by atoms with E-state index in [0.29, 0.717) is 5.69 Å². The van der Waals surface area contributed by atoms with Crippen LogP contribution in [0.3, 0.4) is 0 Å². The Morgan fingerprint density at radius 3 is 3.00 bits per heavy atom. The van der Waals surface area contributed by atoms with Crippen LogP contribution in [0.5, 0.6) is 0 Å². The standard InChI is InChI=1S/C12H17NO2/c1-3-4-5-6-10-15-12(14)11-8-7-9-13(11)2/h6-10H,3-5H2,1-2H3/b10-6-. The second kappa shape index (κ2) is 6.06. The first kappa shape index (κ1) is 11.6. The van der Waals surface area contributed by atoms with Crippen molar-refractivity contribution in [3.8, 4) is 0 Å². The first-order chi connectivity index (χ1) is 7.25. The van der Waals surface area contributed by atoms with Crippen LogP contribution in [0.4, 0.5) is 0 Å². The number of nitrogens with zero attached hydrogens (tertiary/aromatic N) is 1. The SMILES string of the molecule is CCCC/C=C\OC(=O)c1cccn1C. The summed E-state index contributed by atoms with van der Waals surface area (Å²) in [6, 6.07) is 3.56. The molecule has 0 saturated carbocycles. The van der Waals surface area contributed by atoms with Gasteiger partial charge in [0.2, 0.25) is 0 Å². The molecular formula is C12H17NO2. The van der Waals surface area contributed by atoms with Crippen LogP contribution in [0.25, 0.3) is 0 Å². The summed E-state index contributed by atoms with van der Waals surface area (Å²) in [5.74, 6) is -0.310. The van der Waals surface area contributed by atoms with E-state index in [4.69, 9.17) is 4.74 Å². The summed E-state index contributed by atoms with van der Waals surface area (Å²) in [6.45, 7) is 2.13. The van der Waals surface area contributed by atoms with Crippen molar-refractivity contribution in [2.24, 2.45) is 7.05 Å². The topological polar surface area (TPSA) is 31.2 Å². The Balaban J connectivity index is 2.37. The fourth-order valence-electron chi connectivity index (χ4n) is 1.23. The van der Waals surface area contributed by atoms with E-state index in [2.05, 4.69) is 6.92 Å². The van der Waals surface area contributed by atoms with Gasteiger partial charge in [-0.3, -0.25) is 0 Å². The quantitative estimate of drug-likeness (QED) is 0.422. The van der Waals surface area contributed by atoms with Crippen LogP contribution in [0, 0.1) is 0 Å². The van der Waals surface area contributed by atoms with Crippen molar-refractivity contribution in [2.75, 3.05) is 0 Å². The molecule has 0 spiro atoms. The van der Waals surface area contributed by atoms with E-state index in [1.54, 1.807) is 10.6 Å². The van der Waals surface area contributed by atoms with Crippen molar-refractivity contribution in [1.82, 2.24) is 4.57 Å². The molecule has 3 nitrogen and oxygen atoms in total. The third-order valence-electron chi connectivity index (χ3n) is 2.15. The molecule has 82 valence electrons. The molecule has 0 bridgehead atoms. The zero-order chi connectivity index (χ0) is 11.1. The highest BCUT2D eigenvalue weighted by Gasteiger charge is 2.07. The molecule has 0 saturated heterocycles. The highest BCUT2D eigenvalue weighted by Crippen LogP contribution is 2.03. The zero-order valence-corrected chi connectivity index (χ0v) is 9.27. The highest BCUT2D eigenvalue weighted by atomic mass is 16.5. The number of ether oxygens (including phenoxy) is 1. The largest absolute Gasteiger partial charge is 0.430 e. The maximum absolute atomic E-state index is 11.5. The molecule has 0 aliphatic carbocycles. The molecule has 0 aliphatic rings. The lowest BCUT2D eigenvalue weighted by molar-refractivity contribution is 0.0652. The fraction of sp³-hybridized carbons (Fsp3) is 0.417. The average Bonchev–Trinajstić information content (AvgIpc) is 2.64. The fourth-order valence-corrected chi connectivity index (χ4v) is 1.23. The number of carbonyl (C=O) groups is 1. The maximum Gasteiger partial charge on any atom is 0.359 e. The minimum absolute atomic E-state index is 0.310. The van der Waals surface area contributed by atoms with Gasteiger partial charge in [-0.25, -0.2) is 4.79 Å². The number of esters is 1. The van der Waals surface area contributed by atoms with E-state index in [9.17, 15) is 4.79 Å². The van der Waals surface area contributed by atoms with Gasteiger partial charge in [0.1, 0.15) is 5.69 Å². The summed E-state index contributed by atoms with van der Waals surface area (Å²) >= 11 is 0. The van der Waals surface area contributed by atoms with Gasteiger partial charge in [-0.1, -0.05) is 13.3 Å². The number of carbonyl (C=O) groups excluding carboxylic acids is 1. The zero-order valence-electron chi connectivity index (χ0n) is 9.27. The van der Waals surface area contributed by atoms with E-state index < -0.39 is 0 Å². The molecular weight excluding hydrogens is 190 g/mol. The predicted molar refractivity (Wildman–Crippen MR) is 59.5 cm³/mol. The average molecular weight is 207 g/mol. The Morgan fingerprint density at radius 2 is 2.40 bits per heavy atom. The molecule has 1 aromatic rings. The minimum Gasteiger partial charge on any atom is -0.430 e. The van der Waals surface area contributed by atoms with Gasteiger partial charge in [-0.2, -0.15) is 0 Å². The Morgan fingerprint density at radius 1 is 1.60 bits per heavy atom. The van der Waals surface area contributed by atoms with E-state index in [1.807, 2.05) is 25.4 Å². The predicted octanol–water partition coefficient (Wildman–Crippen LogP) is 2.89. The number of hydrogen-bond donors (Lipinski definition) is 0. The molecule has 0 fully saturated rings. The molecule has 1 aromatic heterocycles. The van der Waals surface area contributed by atoms with Crippen molar-refractivity contribution in [3.05, 3.63) is 36.4 Å². The summed E-state index contributed by atoms with van der Waals surface area (Å²) in [5, 5.41) is 0. The first-order valence-electron chi connectivity index (χ1n) is 5.23. The summed E-state index contributed by atoms with van der Waals surface area (Å²) in [6.07, 6.45) is 8.40. The van der Waals surface area contributed by atoms with Crippen molar-refractivity contribution in [2.45, 2.75) is 26.2 Å². The number of allylic oxidation sites excluding steroid dienone is 1. The van der Waals surface area contributed by atoms with Gasteiger partial charge in [0.15, 0.2) is 0 Å². The van der Waals surface area contributed by atoms with Gasteiger partial charge >= 0.3 is 5.97 Å². The van der Waals surface area contributed by atoms with Crippen LogP contribution in [-0.4, -0.2) is 10.5 Å². The lowest BCUT2D eigenvalue weighted by Gasteiger charge is -2.00. The van der Waals surface area contributed by atoms with Crippen LogP contribution in [0.2, 0.25) is 0 Å². The molecule has 0 N–H and O–H groups in total. The Labute approximate surface area is 90.4 Å². The summed E-state index contributed by atoms with van der Waals surface area (Å²) in [7, 11) is 1.82. The van der Waals surface area contributed by atoms with Gasteiger partial charge < -0.3 is 9.30 Å². The van der Waals surface area contributed by atoms with E-state index in [0.717, 1.165) is 19.3 Å². The lowest BCUT2D eigenvalue weighted by Crippen LogP contribution is -2.06. The van der Waals surface area contributed by atoms with Crippen LogP contribution in [0.1, 0.15) is 36.7 Å². The summed E-state index contributed by atoms with van der Waals surface area (Å²) in [5.41, 5.74) is 0.565. The second-order valence-corrected chi connectivity index (χ2v) is 3.42. The second-order valence-electron chi connectivity index (χ2n) is 3.42. The Bertz CT molecular complexity index is 339. The van der Waals surface area contributed by atoms with Crippen molar-refractivity contribution in [3.63, 3.8) is 0 Å². The van der Waals surface area contributed by atoms with Crippen LogP contribution in [0.15, 0.2) is 30.7 Å². The molecule has 0 atom stereocenters. The van der Waals surface area contributed by atoms with E-state index >= 15 is 0 Å². The minimum atomic E-state index is -0.310. The maximum atomic E-state index is 11.5. The van der Waals surface area contributed by atoms with E-state index in [-0.39, 0.29) is 5.97 Å². The van der Waals surface area contributed by atoms with Gasteiger partial charge in [0, 0.05) is 13.2 Å². The number of rotatable bonds is 5.